The van der Waals surface area contributed by atoms with E-state index in [1.54, 1.807) is 26.4 Å². The molecule has 1 aromatic rings. The van der Waals surface area contributed by atoms with Gasteiger partial charge in [0.05, 0.1) is 25.8 Å². The van der Waals surface area contributed by atoms with E-state index < -0.39 is 6.04 Å². The van der Waals surface area contributed by atoms with Crippen molar-refractivity contribution in [3.05, 3.63) is 23.8 Å². The van der Waals surface area contributed by atoms with Crippen molar-refractivity contribution in [1.29, 1.82) is 0 Å². The predicted octanol–water partition coefficient (Wildman–Crippen LogP) is 1.34. The SMILES string of the molecule is C#CC(N)c1c(OC)cccc1OC. The predicted molar refractivity (Wildman–Crippen MR) is 55.3 cm³/mol. The summed E-state index contributed by atoms with van der Waals surface area (Å²) in [7, 11) is 3.14. The minimum Gasteiger partial charge on any atom is -0.496 e. The third kappa shape index (κ3) is 1.81. The van der Waals surface area contributed by atoms with Gasteiger partial charge < -0.3 is 15.2 Å². The Bertz CT molecular complexity index is 333. The van der Waals surface area contributed by atoms with E-state index in [1.165, 1.54) is 0 Å². The fraction of sp³-hybridized carbons (Fsp3) is 0.273. The zero-order chi connectivity index (χ0) is 10.6. The summed E-state index contributed by atoms with van der Waals surface area (Å²) < 4.78 is 10.3. The average molecular weight is 191 g/mol. The van der Waals surface area contributed by atoms with Crippen LogP contribution in [0, 0.1) is 12.3 Å². The molecule has 1 atom stereocenters. The van der Waals surface area contributed by atoms with Gasteiger partial charge in [-0.05, 0) is 12.1 Å². The molecule has 3 heteroatoms. The highest BCUT2D eigenvalue weighted by molar-refractivity contribution is 5.49. The quantitative estimate of drug-likeness (QED) is 0.733. The van der Waals surface area contributed by atoms with E-state index in [4.69, 9.17) is 21.6 Å². The Balaban J connectivity index is 3.27. The molecular formula is C11H13NO2. The minimum atomic E-state index is -0.513. The van der Waals surface area contributed by atoms with Gasteiger partial charge in [-0.3, -0.25) is 0 Å². The first kappa shape index (κ1) is 10.4. The van der Waals surface area contributed by atoms with Crippen LogP contribution < -0.4 is 15.2 Å². The summed E-state index contributed by atoms with van der Waals surface area (Å²) in [6.45, 7) is 0. The first-order valence-corrected chi connectivity index (χ1v) is 4.17. The summed E-state index contributed by atoms with van der Waals surface area (Å²) in [5, 5.41) is 0. The summed E-state index contributed by atoms with van der Waals surface area (Å²) >= 11 is 0. The molecule has 0 aliphatic carbocycles. The van der Waals surface area contributed by atoms with Gasteiger partial charge in [-0.1, -0.05) is 12.0 Å². The molecule has 0 amide bonds. The van der Waals surface area contributed by atoms with Crippen LogP contribution in [0.5, 0.6) is 11.5 Å². The molecule has 0 saturated carbocycles. The number of hydrogen-bond donors (Lipinski definition) is 1. The molecule has 0 radical (unpaired) electrons. The van der Waals surface area contributed by atoms with Crippen LogP contribution in [-0.4, -0.2) is 14.2 Å². The van der Waals surface area contributed by atoms with Gasteiger partial charge in [0, 0.05) is 0 Å². The maximum atomic E-state index is 5.75. The van der Waals surface area contributed by atoms with Crippen molar-refractivity contribution in [2.45, 2.75) is 6.04 Å². The summed E-state index contributed by atoms with van der Waals surface area (Å²) in [6.07, 6.45) is 5.27. The van der Waals surface area contributed by atoms with Crippen molar-refractivity contribution < 1.29 is 9.47 Å². The molecule has 1 rings (SSSR count). The molecule has 0 aliphatic rings. The molecule has 0 heterocycles. The molecule has 0 aromatic heterocycles. The lowest BCUT2D eigenvalue weighted by Crippen LogP contribution is -2.10. The maximum absolute atomic E-state index is 5.75. The highest BCUT2D eigenvalue weighted by Gasteiger charge is 2.14. The molecule has 3 nitrogen and oxygen atoms in total. The van der Waals surface area contributed by atoms with E-state index in [-0.39, 0.29) is 0 Å². The van der Waals surface area contributed by atoms with Gasteiger partial charge in [-0.25, -0.2) is 0 Å². The van der Waals surface area contributed by atoms with Crippen LogP contribution >= 0.6 is 0 Å². The average Bonchev–Trinajstić information content (AvgIpc) is 2.26. The largest absolute Gasteiger partial charge is 0.496 e. The molecule has 0 saturated heterocycles. The standard InChI is InChI=1S/C11H13NO2/c1-4-8(12)11-9(13-2)6-5-7-10(11)14-3/h1,5-8H,12H2,2-3H3. The highest BCUT2D eigenvalue weighted by atomic mass is 16.5. The van der Waals surface area contributed by atoms with Crippen LogP contribution in [0.1, 0.15) is 11.6 Å². The Morgan fingerprint density at radius 2 is 1.79 bits per heavy atom. The van der Waals surface area contributed by atoms with Crippen LogP contribution in [0.2, 0.25) is 0 Å². The molecule has 0 fully saturated rings. The lowest BCUT2D eigenvalue weighted by molar-refractivity contribution is 0.383. The van der Waals surface area contributed by atoms with Crippen LogP contribution in [0.3, 0.4) is 0 Å². The highest BCUT2D eigenvalue weighted by Crippen LogP contribution is 2.32. The Labute approximate surface area is 83.8 Å². The summed E-state index contributed by atoms with van der Waals surface area (Å²) in [5.41, 5.74) is 6.46. The van der Waals surface area contributed by atoms with Gasteiger partial charge in [-0.2, -0.15) is 0 Å². The zero-order valence-corrected chi connectivity index (χ0v) is 8.28. The second-order valence-corrected chi connectivity index (χ2v) is 2.72. The van der Waals surface area contributed by atoms with E-state index in [9.17, 15) is 0 Å². The van der Waals surface area contributed by atoms with Crippen molar-refractivity contribution in [3.63, 3.8) is 0 Å². The lowest BCUT2D eigenvalue weighted by atomic mass is 10.1. The summed E-state index contributed by atoms with van der Waals surface area (Å²) in [5.74, 6) is 3.74. The number of hydrogen-bond acceptors (Lipinski definition) is 3. The van der Waals surface area contributed by atoms with Crippen molar-refractivity contribution in [1.82, 2.24) is 0 Å². The third-order valence-corrected chi connectivity index (χ3v) is 1.96. The second-order valence-electron chi connectivity index (χ2n) is 2.72. The fourth-order valence-electron chi connectivity index (χ4n) is 1.27. The van der Waals surface area contributed by atoms with Crippen molar-refractivity contribution >= 4 is 0 Å². The van der Waals surface area contributed by atoms with Crippen LogP contribution in [0.4, 0.5) is 0 Å². The second kappa shape index (κ2) is 4.54. The molecular weight excluding hydrogens is 178 g/mol. The van der Waals surface area contributed by atoms with Gasteiger partial charge in [0.25, 0.3) is 0 Å². The molecule has 14 heavy (non-hydrogen) atoms. The van der Waals surface area contributed by atoms with E-state index in [0.717, 1.165) is 0 Å². The van der Waals surface area contributed by atoms with Crippen LogP contribution in [-0.2, 0) is 0 Å². The van der Waals surface area contributed by atoms with Gasteiger partial charge in [-0.15, -0.1) is 6.42 Å². The number of rotatable bonds is 3. The number of benzene rings is 1. The van der Waals surface area contributed by atoms with Crippen LogP contribution in [0.25, 0.3) is 0 Å². The molecule has 0 bridgehead atoms. The fourth-order valence-corrected chi connectivity index (χ4v) is 1.27. The Hall–Kier alpha value is -1.66. The Kier molecular flexibility index (Phi) is 3.38. The Morgan fingerprint density at radius 3 is 2.14 bits per heavy atom. The third-order valence-electron chi connectivity index (χ3n) is 1.96. The Morgan fingerprint density at radius 1 is 1.29 bits per heavy atom. The zero-order valence-electron chi connectivity index (χ0n) is 8.28. The molecule has 0 aliphatic heterocycles. The topological polar surface area (TPSA) is 44.5 Å². The van der Waals surface area contributed by atoms with Gasteiger partial charge in [0.2, 0.25) is 0 Å². The molecule has 1 unspecified atom stereocenters. The van der Waals surface area contributed by atoms with Crippen LogP contribution in [0.15, 0.2) is 18.2 Å². The first-order chi connectivity index (χ1) is 6.74. The van der Waals surface area contributed by atoms with E-state index in [1.807, 2.05) is 6.07 Å². The normalized spacial score (nSPS) is 11.6. The van der Waals surface area contributed by atoms with E-state index in [2.05, 4.69) is 5.92 Å². The van der Waals surface area contributed by atoms with Crippen molar-refractivity contribution in [3.8, 4) is 23.8 Å². The monoisotopic (exact) mass is 191 g/mol. The molecule has 0 spiro atoms. The lowest BCUT2D eigenvalue weighted by Gasteiger charge is -2.14. The summed E-state index contributed by atoms with van der Waals surface area (Å²) in [4.78, 5) is 0. The summed E-state index contributed by atoms with van der Waals surface area (Å²) in [6, 6.07) is 4.91. The number of nitrogens with two attached hydrogens (primary N) is 1. The van der Waals surface area contributed by atoms with Crippen molar-refractivity contribution in [2.24, 2.45) is 5.73 Å². The van der Waals surface area contributed by atoms with Crippen molar-refractivity contribution in [2.75, 3.05) is 14.2 Å². The van der Waals surface area contributed by atoms with Gasteiger partial charge in [0.15, 0.2) is 0 Å². The smallest absolute Gasteiger partial charge is 0.128 e. The number of methoxy groups -OCH3 is 2. The maximum Gasteiger partial charge on any atom is 0.128 e. The number of ether oxygens (including phenoxy) is 2. The molecule has 74 valence electrons. The minimum absolute atomic E-state index is 0.513. The molecule has 2 N–H and O–H groups in total. The van der Waals surface area contributed by atoms with Gasteiger partial charge in [0.1, 0.15) is 11.5 Å². The number of terminal acetylenes is 1. The van der Waals surface area contributed by atoms with Gasteiger partial charge >= 0.3 is 0 Å². The van der Waals surface area contributed by atoms with E-state index >= 15 is 0 Å². The molecule has 1 aromatic carbocycles. The first-order valence-electron chi connectivity index (χ1n) is 4.17. The van der Waals surface area contributed by atoms with E-state index in [0.29, 0.717) is 17.1 Å².